The molecule has 4 heteroatoms. The highest BCUT2D eigenvalue weighted by atomic mass is 16.4. The number of carbonyl (C=O) groups is 2. The van der Waals surface area contributed by atoms with Gasteiger partial charge in [0.05, 0.1) is 5.92 Å². The van der Waals surface area contributed by atoms with Crippen LogP contribution < -0.4 is 0 Å². The van der Waals surface area contributed by atoms with Crippen LogP contribution >= 0.6 is 0 Å². The average Bonchev–Trinajstić information content (AvgIpc) is 2.66. The largest absolute Gasteiger partial charge is 0.481 e. The zero-order valence-electron chi connectivity index (χ0n) is 18.4. The van der Waals surface area contributed by atoms with Crippen LogP contribution in [0.15, 0.2) is 0 Å². The van der Waals surface area contributed by atoms with Gasteiger partial charge in [-0.3, -0.25) is 9.59 Å². The quantitative estimate of drug-likeness (QED) is 0.184. The van der Waals surface area contributed by atoms with Gasteiger partial charge in [-0.2, -0.15) is 0 Å². The molecule has 0 saturated heterocycles. The molecule has 0 bridgehead atoms. The van der Waals surface area contributed by atoms with Crippen molar-refractivity contribution in [1.82, 2.24) is 0 Å². The van der Waals surface area contributed by atoms with Crippen molar-refractivity contribution in [3.05, 3.63) is 0 Å². The lowest BCUT2D eigenvalue weighted by Crippen LogP contribution is -2.13. The maximum Gasteiger partial charge on any atom is 0.306 e. The Hall–Kier alpha value is -1.06. The number of carboxylic acids is 2. The molecule has 0 aromatic heterocycles. The first-order chi connectivity index (χ1) is 13.6. The maximum atomic E-state index is 11.2. The van der Waals surface area contributed by atoms with Gasteiger partial charge in [-0.25, -0.2) is 0 Å². The van der Waals surface area contributed by atoms with Gasteiger partial charge in [0.2, 0.25) is 0 Å². The molecule has 0 aliphatic carbocycles. The lowest BCUT2D eigenvalue weighted by atomic mass is 9.95. The lowest BCUT2D eigenvalue weighted by molar-refractivity contribution is -0.142. The summed E-state index contributed by atoms with van der Waals surface area (Å²) >= 11 is 0. The Morgan fingerprint density at radius 1 is 0.571 bits per heavy atom. The van der Waals surface area contributed by atoms with Crippen molar-refractivity contribution in [2.45, 2.75) is 135 Å². The van der Waals surface area contributed by atoms with Crippen LogP contribution in [0.4, 0.5) is 0 Å². The summed E-state index contributed by atoms with van der Waals surface area (Å²) in [5.74, 6) is -1.40. The molecule has 1 atom stereocenters. The van der Waals surface area contributed by atoms with E-state index in [4.69, 9.17) is 5.11 Å². The van der Waals surface area contributed by atoms with Gasteiger partial charge in [0, 0.05) is 6.42 Å². The minimum absolute atomic E-state index is 0.121. The predicted octanol–water partition coefficient (Wildman–Crippen LogP) is 7.59. The summed E-state index contributed by atoms with van der Waals surface area (Å²) in [4.78, 5) is 21.6. The van der Waals surface area contributed by atoms with E-state index in [0.29, 0.717) is 6.42 Å². The van der Waals surface area contributed by atoms with Gasteiger partial charge in [-0.05, 0) is 19.3 Å². The van der Waals surface area contributed by atoms with Gasteiger partial charge in [-0.15, -0.1) is 0 Å². The van der Waals surface area contributed by atoms with Crippen molar-refractivity contribution in [3.8, 4) is 0 Å². The summed E-state index contributed by atoms with van der Waals surface area (Å²) in [5, 5.41) is 17.8. The molecule has 0 heterocycles. The molecular weight excluding hydrogens is 352 g/mol. The third kappa shape index (κ3) is 19.7. The molecule has 0 spiro atoms. The normalized spacial score (nSPS) is 12.2. The van der Waals surface area contributed by atoms with Crippen LogP contribution in [-0.2, 0) is 9.59 Å². The molecule has 0 radical (unpaired) electrons. The summed E-state index contributed by atoms with van der Waals surface area (Å²) in [6, 6.07) is 0. The second-order valence-electron chi connectivity index (χ2n) is 8.41. The number of aliphatic carboxylic acids is 2. The van der Waals surface area contributed by atoms with E-state index in [1.807, 2.05) is 0 Å². The monoisotopic (exact) mass is 398 g/mol. The summed E-state index contributed by atoms with van der Waals surface area (Å²) in [5.41, 5.74) is 0. The Balaban J connectivity index is 3.23. The Bertz CT molecular complexity index is 368. The van der Waals surface area contributed by atoms with Gasteiger partial charge >= 0.3 is 11.9 Å². The summed E-state index contributed by atoms with van der Waals surface area (Å²) in [7, 11) is 0. The van der Waals surface area contributed by atoms with Crippen LogP contribution in [0.3, 0.4) is 0 Å². The number of hydrogen-bond acceptors (Lipinski definition) is 2. The van der Waals surface area contributed by atoms with Gasteiger partial charge in [-0.1, -0.05) is 110 Å². The third-order valence-corrected chi connectivity index (χ3v) is 5.70. The van der Waals surface area contributed by atoms with Gasteiger partial charge < -0.3 is 10.2 Å². The summed E-state index contributed by atoms with van der Waals surface area (Å²) in [6.45, 7) is 2.12. The van der Waals surface area contributed by atoms with E-state index in [0.717, 1.165) is 44.9 Å². The Labute approximate surface area is 173 Å². The van der Waals surface area contributed by atoms with E-state index >= 15 is 0 Å². The van der Waals surface area contributed by atoms with Crippen molar-refractivity contribution in [2.75, 3.05) is 0 Å². The SMILES string of the molecule is CCCCC(CCCCCCCCCCCCCCCCCC(=O)O)C(=O)O. The van der Waals surface area contributed by atoms with E-state index in [1.165, 1.54) is 77.0 Å². The van der Waals surface area contributed by atoms with Crippen LogP contribution in [0.25, 0.3) is 0 Å². The summed E-state index contributed by atoms with van der Waals surface area (Å²) in [6.07, 6.45) is 22.5. The Kier molecular flexibility index (Phi) is 19.9. The molecule has 4 nitrogen and oxygen atoms in total. The topological polar surface area (TPSA) is 74.6 Å². The molecule has 0 fully saturated rings. The minimum Gasteiger partial charge on any atom is -0.481 e. The molecule has 1 unspecified atom stereocenters. The highest BCUT2D eigenvalue weighted by Gasteiger charge is 2.15. The first-order valence-electron chi connectivity index (χ1n) is 12.0. The fraction of sp³-hybridized carbons (Fsp3) is 0.917. The van der Waals surface area contributed by atoms with Crippen LogP contribution in [0.2, 0.25) is 0 Å². The molecule has 0 aliphatic heterocycles. The van der Waals surface area contributed by atoms with Crippen molar-refractivity contribution in [1.29, 1.82) is 0 Å². The molecule has 0 aromatic carbocycles. The van der Waals surface area contributed by atoms with Crippen LogP contribution in [0, 0.1) is 5.92 Å². The highest BCUT2D eigenvalue weighted by molar-refractivity contribution is 5.69. The highest BCUT2D eigenvalue weighted by Crippen LogP contribution is 2.18. The number of rotatable bonds is 22. The fourth-order valence-corrected chi connectivity index (χ4v) is 3.81. The van der Waals surface area contributed by atoms with E-state index in [9.17, 15) is 14.7 Å². The minimum atomic E-state index is -0.672. The standard InChI is InChI=1S/C24H46O4/c1-2-3-19-22(24(27)28)20-17-15-13-11-9-7-5-4-6-8-10-12-14-16-18-21-23(25)26/h22H,2-21H2,1H3,(H,25,26)(H,27,28). The van der Waals surface area contributed by atoms with E-state index in [1.54, 1.807) is 0 Å². The van der Waals surface area contributed by atoms with Crippen LogP contribution in [0.1, 0.15) is 135 Å². The third-order valence-electron chi connectivity index (χ3n) is 5.70. The van der Waals surface area contributed by atoms with E-state index in [-0.39, 0.29) is 5.92 Å². The van der Waals surface area contributed by atoms with Gasteiger partial charge in [0.25, 0.3) is 0 Å². The maximum absolute atomic E-state index is 11.2. The molecule has 0 rings (SSSR count). The fourth-order valence-electron chi connectivity index (χ4n) is 3.81. The molecule has 0 amide bonds. The van der Waals surface area contributed by atoms with Crippen LogP contribution in [-0.4, -0.2) is 22.2 Å². The van der Waals surface area contributed by atoms with E-state index < -0.39 is 11.9 Å². The van der Waals surface area contributed by atoms with Gasteiger partial charge in [0.1, 0.15) is 0 Å². The first kappa shape index (κ1) is 26.9. The molecule has 166 valence electrons. The number of carboxylic acid groups (broad SMARTS) is 2. The predicted molar refractivity (Wildman–Crippen MR) is 117 cm³/mol. The molecule has 2 N–H and O–H groups in total. The molecule has 28 heavy (non-hydrogen) atoms. The van der Waals surface area contributed by atoms with Crippen LogP contribution in [0.5, 0.6) is 0 Å². The number of unbranched alkanes of at least 4 members (excludes halogenated alkanes) is 15. The van der Waals surface area contributed by atoms with Crippen molar-refractivity contribution < 1.29 is 19.8 Å². The smallest absolute Gasteiger partial charge is 0.306 e. The Morgan fingerprint density at radius 3 is 1.29 bits per heavy atom. The van der Waals surface area contributed by atoms with E-state index in [2.05, 4.69) is 6.92 Å². The van der Waals surface area contributed by atoms with Crippen molar-refractivity contribution >= 4 is 11.9 Å². The zero-order valence-corrected chi connectivity index (χ0v) is 18.4. The van der Waals surface area contributed by atoms with Gasteiger partial charge in [0.15, 0.2) is 0 Å². The molecule has 0 saturated carbocycles. The molecule has 0 aliphatic rings. The Morgan fingerprint density at radius 2 is 0.929 bits per heavy atom. The first-order valence-corrected chi connectivity index (χ1v) is 12.0. The van der Waals surface area contributed by atoms with Crippen molar-refractivity contribution in [2.24, 2.45) is 5.92 Å². The number of hydrogen-bond donors (Lipinski definition) is 2. The molecule has 0 aromatic rings. The second-order valence-corrected chi connectivity index (χ2v) is 8.41. The van der Waals surface area contributed by atoms with Crippen molar-refractivity contribution in [3.63, 3.8) is 0 Å². The second kappa shape index (κ2) is 20.7. The lowest BCUT2D eigenvalue weighted by Gasteiger charge is -2.11. The molecular formula is C24H46O4. The summed E-state index contributed by atoms with van der Waals surface area (Å²) < 4.78 is 0. The zero-order chi connectivity index (χ0) is 20.9. The average molecular weight is 399 g/mol.